The van der Waals surface area contributed by atoms with E-state index in [-0.39, 0.29) is 0 Å². The topological polar surface area (TPSA) is 42.2 Å². The SMILES string of the molecule is c1ccc(-c2ccc(-c3cc(-c4ccccc4)nc(-c4cccc5c(-c6ccc(N(c7ccccc7)c7ccc8ccccc8c7)cc6)cc6c7ccccc7oc6c45)n3)cc2)cc1. The maximum atomic E-state index is 6.82. The van der Waals surface area contributed by atoms with Crippen molar-refractivity contribution in [2.24, 2.45) is 0 Å². The first-order valence-electron chi connectivity index (χ1n) is 21.6. The summed E-state index contributed by atoms with van der Waals surface area (Å²) in [6.07, 6.45) is 0. The van der Waals surface area contributed by atoms with E-state index in [0.717, 1.165) is 94.5 Å². The minimum atomic E-state index is 0.636. The molecule has 0 saturated heterocycles. The number of anilines is 3. The number of furan rings is 1. The third kappa shape index (κ3) is 6.66. The van der Waals surface area contributed by atoms with Crippen LogP contribution in [-0.2, 0) is 0 Å². The maximum Gasteiger partial charge on any atom is 0.161 e. The Balaban J connectivity index is 1.04. The standard InChI is InChI=1S/C60H39N3O/c1-4-15-40(16-5-1)42-27-29-45(30-28-42)56-39-55(44-18-6-2-7-19-44)61-60(62-56)52-25-14-24-51-53(38-54-50-23-12-13-26-57(50)64-59(54)58(51)52)43-32-34-48(35-33-43)63(47-21-8-3-9-22-47)49-36-31-41-17-10-11-20-46(41)37-49/h1-39H. The predicted molar refractivity (Wildman–Crippen MR) is 266 cm³/mol. The molecule has 0 unspecified atom stereocenters. The van der Waals surface area contributed by atoms with Gasteiger partial charge in [0.15, 0.2) is 5.82 Å². The van der Waals surface area contributed by atoms with Crippen LogP contribution in [-0.4, -0.2) is 9.97 Å². The van der Waals surface area contributed by atoms with E-state index in [4.69, 9.17) is 14.4 Å². The fraction of sp³-hybridized carbons (Fsp3) is 0. The zero-order chi connectivity index (χ0) is 42.4. The first-order valence-corrected chi connectivity index (χ1v) is 21.6. The van der Waals surface area contributed by atoms with Gasteiger partial charge in [-0.1, -0.05) is 182 Å². The van der Waals surface area contributed by atoms with E-state index in [1.54, 1.807) is 0 Å². The van der Waals surface area contributed by atoms with E-state index in [1.165, 1.54) is 16.3 Å². The highest BCUT2D eigenvalue weighted by molar-refractivity contribution is 6.22. The van der Waals surface area contributed by atoms with Gasteiger partial charge in [-0.2, -0.15) is 0 Å². The quantitative estimate of drug-likeness (QED) is 0.153. The summed E-state index contributed by atoms with van der Waals surface area (Å²) in [6, 6.07) is 83.3. The lowest BCUT2D eigenvalue weighted by atomic mass is 9.92. The molecular formula is C60H39N3O. The second-order valence-corrected chi connectivity index (χ2v) is 16.1. The molecule has 0 aliphatic rings. The van der Waals surface area contributed by atoms with Crippen molar-refractivity contribution >= 4 is 60.5 Å². The van der Waals surface area contributed by atoms with Crippen LogP contribution in [0.2, 0.25) is 0 Å². The second-order valence-electron chi connectivity index (χ2n) is 16.1. The third-order valence-corrected chi connectivity index (χ3v) is 12.3. The van der Waals surface area contributed by atoms with E-state index in [2.05, 4.69) is 217 Å². The number of benzene rings is 10. The smallest absolute Gasteiger partial charge is 0.161 e. The van der Waals surface area contributed by atoms with Crippen LogP contribution in [0, 0.1) is 0 Å². The van der Waals surface area contributed by atoms with Gasteiger partial charge in [0.05, 0.1) is 11.4 Å². The molecule has 0 atom stereocenters. The van der Waals surface area contributed by atoms with Crippen molar-refractivity contribution in [1.29, 1.82) is 0 Å². The average molecular weight is 818 g/mol. The van der Waals surface area contributed by atoms with Crippen molar-refractivity contribution in [3.63, 3.8) is 0 Å². The molecule has 0 N–H and O–H groups in total. The van der Waals surface area contributed by atoms with Gasteiger partial charge in [-0.25, -0.2) is 9.97 Å². The van der Waals surface area contributed by atoms with Crippen LogP contribution in [0.1, 0.15) is 0 Å². The highest BCUT2D eigenvalue weighted by Gasteiger charge is 2.21. The molecule has 0 radical (unpaired) electrons. The van der Waals surface area contributed by atoms with Gasteiger partial charge in [-0.05, 0) is 93.0 Å². The molecule has 0 fully saturated rings. The molecule has 4 nitrogen and oxygen atoms in total. The minimum absolute atomic E-state index is 0.636. The molecule has 4 heteroatoms. The summed E-state index contributed by atoms with van der Waals surface area (Å²) in [4.78, 5) is 13.0. The molecular weight excluding hydrogens is 779 g/mol. The molecule has 300 valence electrons. The van der Waals surface area contributed by atoms with Gasteiger partial charge < -0.3 is 9.32 Å². The summed E-state index contributed by atoms with van der Waals surface area (Å²) in [5, 5.41) is 6.58. The van der Waals surface area contributed by atoms with E-state index < -0.39 is 0 Å². The number of rotatable bonds is 8. The molecule has 2 aromatic heterocycles. The number of aromatic nitrogens is 2. The summed E-state index contributed by atoms with van der Waals surface area (Å²) in [5.74, 6) is 0.636. The summed E-state index contributed by atoms with van der Waals surface area (Å²) in [6.45, 7) is 0. The van der Waals surface area contributed by atoms with E-state index in [1.807, 2.05) is 24.3 Å². The average Bonchev–Trinajstić information content (AvgIpc) is 3.76. The normalized spacial score (nSPS) is 11.4. The molecule has 0 aliphatic carbocycles. The Bertz CT molecular complexity index is 3640. The Labute approximate surface area is 371 Å². The van der Waals surface area contributed by atoms with Gasteiger partial charge in [-0.3, -0.25) is 0 Å². The van der Waals surface area contributed by atoms with Crippen LogP contribution < -0.4 is 4.90 Å². The van der Waals surface area contributed by atoms with Crippen molar-refractivity contribution < 1.29 is 4.42 Å². The Morgan fingerprint density at radius 2 is 0.875 bits per heavy atom. The number of fused-ring (bicyclic) bond motifs is 6. The highest BCUT2D eigenvalue weighted by atomic mass is 16.3. The van der Waals surface area contributed by atoms with Crippen molar-refractivity contribution in [3.8, 4) is 56.2 Å². The number of hydrogen-bond acceptors (Lipinski definition) is 4. The Morgan fingerprint density at radius 1 is 0.328 bits per heavy atom. The van der Waals surface area contributed by atoms with Crippen molar-refractivity contribution in [1.82, 2.24) is 9.97 Å². The molecule has 2 heterocycles. The van der Waals surface area contributed by atoms with Crippen LogP contribution in [0.15, 0.2) is 241 Å². The fourth-order valence-corrected chi connectivity index (χ4v) is 9.13. The van der Waals surface area contributed by atoms with Gasteiger partial charge in [0.2, 0.25) is 0 Å². The van der Waals surface area contributed by atoms with E-state index in [9.17, 15) is 0 Å². The lowest BCUT2D eigenvalue weighted by molar-refractivity contribution is 0.673. The van der Waals surface area contributed by atoms with E-state index in [0.29, 0.717) is 5.82 Å². The van der Waals surface area contributed by atoms with Crippen LogP contribution in [0.25, 0.3) is 99.6 Å². The molecule has 0 saturated carbocycles. The van der Waals surface area contributed by atoms with Gasteiger partial charge in [0.25, 0.3) is 0 Å². The van der Waals surface area contributed by atoms with E-state index >= 15 is 0 Å². The van der Waals surface area contributed by atoms with Crippen molar-refractivity contribution in [2.45, 2.75) is 0 Å². The highest BCUT2D eigenvalue weighted by Crippen LogP contribution is 2.45. The Kier molecular flexibility index (Phi) is 9.12. The molecule has 10 aromatic carbocycles. The first kappa shape index (κ1) is 37.2. The Morgan fingerprint density at radius 3 is 1.62 bits per heavy atom. The fourth-order valence-electron chi connectivity index (χ4n) is 9.13. The van der Waals surface area contributed by atoms with Crippen LogP contribution in [0.3, 0.4) is 0 Å². The number of hydrogen-bond donors (Lipinski definition) is 0. The molecule has 0 aliphatic heterocycles. The lowest BCUT2D eigenvalue weighted by Gasteiger charge is -2.26. The summed E-state index contributed by atoms with van der Waals surface area (Å²) in [5.41, 5.74) is 14.1. The van der Waals surface area contributed by atoms with Gasteiger partial charge in [0.1, 0.15) is 11.2 Å². The monoisotopic (exact) mass is 817 g/mol. The largest absolute Gasteiger partial charge is 0.455 e. The molecule has 0 amide bonds. The third-order valence-electron chi connectivity index (χ3n) is 12.3. The molecule has 12 rings (SSSR count). The second kappa shape index (κ2) is 15.7. The van der Waals surface area contributed by atoms with Crippen LogP contribution in [0.5, 0.6) is 0 Å². The minimum Gasteiger partial charge on any atom is -0.455 e. The zero-order valence-electron chi connectivity index (χ0n) is 34.8. The number of para-hydroxylation sites is 2. The zero-order valence-corrected chi connectivity index (χ0v) is 34.8. The van der Waals surface area contributed by atoms with Gasteiger partial charge in [0, 0.05) is 49.9 Å². The molecule has 12 aromatic rings. The molecule has 64 heavy (non-hydrogen) atoms. The van der Waals surface area contributed by atoms with Crippen LogP contribution >= 0.6 is 0 Å². The molecule has 0 bridgehead atoms. The van der Waals surface area contributed by atoms with Crippen LogP contribution in [0.4, 0.5) is 17.1 Å². The molecule has 0 spiro atoms. The summed E-state index contributed by atoms with van der Waals surface area (Å²) >= 11 is 0. The van der Waals surface area contributed by atoms with Gasteiger partial charge >= 0.3 is 0 Å². The summed E-state index contributed by atoms with van der Waals surface area (Å²) in [7, 11) is 0. The van der Waals surface area contributed by atoms with Crippen molar-refractivity contribution in [2.75, 3.05) is 4.90 Å². The summed E-state index contributed by atoms with van der Waals surface area (Å²) < 4.78 is 6.82. The lowest BCUT2D eigenvalue weighted by Crippen LogP contribution is -2.09. The Hall–Kier alpha value is -8.60. The predicted octanol–water partition coefficient (Wildman–Crippen LogP) is 16.5. The first-order chi connectivity index (χ1) is 31.7. The maximum absolute atomic E-state index is 6.82. The van der Waals surface area contributed by atoms with Gasteiger partial charge in [-0.15, -0.1) is 0 Å². The van der Waals surface area contributed by atoms with Crippen molar-refractivity contribution in [3.05, 3.63) is 237 Å². The number of nitrogens with zero attached hydrogens (tertiary/aromatic N) is 3.